The lowest BCUT2D eigenvalue weighted by Crippen LogP contribution is -2.45. The van der Waals surface area contributed by atoms with Gasteiger partial charge in [-0.1, -0.05) is 12.1 Å². The molecule has 3 nitrogen and oxygen atoms in total. The number of nitrogens with one attached hydrogen (secondary N) is 1. The minimum absolute atomic E-state index is 0. The highest BCUT2D eigenvalue weighted by Crippen LogP contribution is 2.24. The van der Waals surface area contributed by atoms with Crippen molar-refractivity contribution >= 4 is 12.4 Å². The number of fused-ring (bicyclic) bond motifs is 1. The summed E-state index contributed by atoms with van der Waals surface area (Å²) in [5, 5.41) is 3.61. The van der Waals surface area contributed by atoms with E-state index in [1.807, 2.05) is 6.07 Å². The topological polar surface area (TPSA) is 24.5 Å². The summed E-state index contributed by atoms with van der Waals surface area (Å²) in [5.41, 5.74) is 1.26. The quantitative estimate of drug-likeness (QED) is 0.924. The molecule has 20 heavy (non-hydrogen) atoms. The molecule has 1 N–H and O–H groups in total. The maximum Gasteiger partial charge on any atom is 0.119 e. The fourth-order valence-electron chi connectivity index (χ4n) is 3.32. The molecule has 1 aromatic carbocycles. The molecular weight excluding hydrogens is 272 g/mol. The van der Waals surface area contributed by atoms with Crippen LogP contribution in [-0.2, 0) is 0 Å². The Morgan fingerprint density at radius 1 is 1.35 bits per heavy atom. The summed E-state index contributed by atoms with van der Waals surface area (Å²) >= 11 is 0. The Morgan fingerprint density at radius 3 is 3.10 bits per heavy atom. The van der Waals surface area contributed by atoms with Crippen LogP contribution in [0.25, 0.3) is 0 Å². The molecule has 2 aliphatic heterocycles. The van der Waals surface area contributed by atoms with Crippen molar-refractivity contribution in [2.24, 2.45) is 5.92 Å². The number of hydrogen-bond donors (Lipinski definition) is 1. The molecule has 2 heterocycles. The van der Waals surface area contributed by atoms with E-state index in [0.29, 0.717) is 0 Å². The molecule has 2 aliphatic rings. The molecule has 0 bridgehead atoms. The van der Waals surface area contributed by atoms with Gasteiger partial charge in [-0.15, -0.1) is 12.4 Å². The SMILES string of the molecule is Cc1cccc(OCCN2CCC3NCCC3C2)c1.Cl. The molecule has 0 aromatic heterocycles. The van der Waals surface area contributed by atoms with Crippen molar-refractivity contribution in [3.8, 4) is 5.75 Å². The van der Waals surface area contributed by atoms with Crippen LogP contribution in [0.2, 0.25) is 0 Å². The van der Waals surface area contributed by atoms with Crippen molar-refractivity contribution < 1.29 is 4.74 Å². The van der Waals surface area contributed by atoms with E-state index in [-0.39, 0.29) is 12.4 Å². The first-order valence-corrected chi connectivity index (χ1v) is 7.46. The van der Waals surface area contributed by atoms with Crippen LogP contribution in [0.4, 0.5) is 0 Å². The monoisotopic (exact) mass is 296 g/mol. The molecule has 0 saturated carbocycles. The first-order valence-electron chi connectivity index (χ1n) is 7.46. The molecular formula is C16H25ClN2O. The first kappa shape index (κ1) is 15.6. The van der Waals surface area contributed by atoms with Crippen LogP contribution >= 0.6 is 12.4 Å². The predicted octanol–water partition coefficient (Wildman–Crippen LogP) is 2.48. The van der Waals surface area contributed by atoms with E-state index in [9.17, 15) is 0 Å². The number of halogens is 1. The second kappa shape index (κ2) is 7.30. The second-order valence-electron chi connectivity index (χ2n) is 5.86. The Bertz CT molecular complexity index is 427. The largest absolute Gasteiger partial charge is 0.492 e. The average Bonchev–Trinajstić information content (AvgIpc) is 2.86. The third kappa shape index (κ3) is 3.87. The van der Waals surface area contributed by atoms with E-state index in [2.05, 4.69) is 35.3 Å². The smallest absolute Gasteiger partial charge is 0.119 e. The van der Waals surface area contributed by atoms with Gasteiger partial charge in [0.15, 0.2) is 0 Å². The summed E-state index contributed by atoms with van der Waals surface area (Å²) in [5.74, 6) is 1.87. The number of hydrogen-bond acceptors (Lipinski definition) is 3. The fraction of sp³-hybridized carbons (Fsp3) is 0.625. The molecule has 2 unspecified atom stereocenters. The molecule has 0 spiro atoms. The molecule has 112 valence electrons. The van der Waals surface area contributed by atoms with Gasteiger partial charge in [-0.3, -0.25) is 4.90 Å². The predicted molar refractivity (Wildman–Crippen MR) is 84.9 cm³/mol. The van der Waals surface area contributed by atoms with Crippen molar-refractivity contribution in [1.29, 1.82) is 0 Å². The normalized spacial score (nSPS) is 25.9. The summed E-state index contributed by atoms with van der Waals surface area (Å²) in [6.07, 6.45) is 2.65. The third-order valence-electron chi connectivity index (χ3n) is 4.41. The van der Waals surface area contributed by atoms with E-state index in [1.165, 1.54) is 38.0 Å². The molecule has 3 rings (SSSR count). The number of rotatable bonds is 4. The van der Waals surface area contributed by atoms with Crippen molar-refractivity contribution in [3.63, 3.8) is 0 Å². The van der Waals surface area contributed by atoms with Crippen molar-refractivity contribution in [3.05, 3.63) is 29.8 Å². The van der Waals surface area contributed by atoms with Crippen LogP contribution in [0, 0.1) is 12.8 Å². The number of benzene rings is 1. The lowest BCUT2D eigenvalue weighted by molar-refractivity contribution is 0.138. The van der Waals surface area contributed by atoms with Crippen LogP contribution < -0.4 is 10.1 Å². The Hall–Kier alpha value is -0.770. The van der Waals surface area contributed by atoms with Crippen LogP contribution in [-0.4, -0.2) is 43.7 Å². The lowest BCUT2D eigenvalue weighted by Gasteiger charge is -2.34. The van der Waals surface area contributed by atoms with E-state index in [1.54, 1.807) is 0 Å². The highest BCUT2D eigenvalue weighted by molar-refractivity contribution is 5.85. The minimum atomic E-state index is 0. The summed E-state index contributed by atoms with van der Waals surface area (Å²) in [7, 11) is 0. The highest BCUT2D eigenvalue weighted by Gasteiger charge is 2.32. The van der Waals surface area contributed by atoms with E-state index >= 15 is 0 Å². The lowest BCUT2D eigenvalue weighted by atomic mass is 9.93. The number of ether oxygens (including phenoxy) is 1. The van der Waals surface area contributed by atoms with Crippen molar-refractivity contribution in [2.75, 3.05) is 32.8 Å². The molecule has 1 aromatic rings. The van der Waals surface area contributed by atoms with Crippen LogP contribution in [0.15, 0.2) is 24.3 Å². The summed E-state index contributed by atoms with van der Waals surface area (Å²) in [6, 6.07) is 9.09. The molecule has 2 saturated heterocycles. The maximum atomic E-state index is 5.84. The zero-order valence-electron chi connectivity index (χ0n) is 12.2. The number of likely N-dealkylation sites (tertiary alicyclic amines) is 1. The number of piperidine rings is 1. The third-order valence-corrected chi connectivity index (χ3v) is 4.41. The van der Waals surface area contributed by atoms with Gasteiger partial charge in [0.25, 0.3) is 0 Å². The Morgan fingerprint density at radius 2 is 2.25 bits per heavy atom. The van der Waals surface area contributed by atoms with E-state index < -0.39 is 0 Å². The van der Waals surface area contributed by atoms with Crippen LogP contribution in [0.5, 0.6) is 5.75 Å². The Labute approximate surface area is 128 Å². The Kier molecular flexibility index (Phi) is 5.70. The molecule has 0 aliphatic carbocycles. The van der Waals surface area contributed by atoms with E-state index in [4.69, 9.17) is 4.74 Å². The van der Waals surface area contributed by atoms with Gasteiger partial charge < -0.3 is 10.1 Å². The van der Waals surface area contributed by atoms with Crippen molar-refractivity contribution in [2.45, 2.75) is 25.8 Å². The van der Waals surface area contributed by atoms with Gasteiger partial charge in [0.2, 0.25) is 0 Å². The second-order valence-corrected chi connectivity index (χ2v) is 5.86. The summed E-state index contributed by atoms with van der Waals surface area (Å²) < 4.78 is 5.84. The van der Waals surface area contributed by atoms with Gasteiger partial charge in [-0.05, 0) is 56.5 Å². The highest BCUT2D eigenvalue weighted by atomic mass is 35.5. The number of nitrogens with zero attached hydrogens (tertiary/aromatic N) is 1. The molecule has 0 amide bonds. The van der Waals surface area contributed by atoms with Crippen LogP contribution in [0.1, 0.15) is 18.4 Å². The molecule has 0 radical (unpaired) electrons. The minimum Gasteiger partial charge on any atom is -0.492 e. The van der Waals surface area contributed by atoms with E-state index in [0.717, 1.165) is 30.9 Å². The van der Waals surface area contributed by atoms with Gasteiger partial charge in [0.05, 0.1) is 0 Å². The zero-order valence-corrected chi connectivity index (χ0v) is 13.0. The van der Waals surface area contributed by atoms with Gasteiger partial charge in [-0.2, -0.15) is 0 Å². The summed E-state index contributed by atoms with van der Waals surface area (Å²) in [4.78, 5) is 2.56. The maximum absolute atomic E-state index is 5.84. The standard InChI is InChI=1S/C16H24N2O.ClH/c1-13-3-2-4-15(11-13)19-10-9-18-8-6-16-14(12-18)5-7-17-16;/h2-4,11,14,16-17H,5-10,12H2,1H3;1H. The summed E-state index contributed by atoms with van der Waals surface area (Å²) in [6.45, 7) is 7.62. The average molecular weight is 297 g/mol. The van der Waals surface area contributed by atoms with Gasteiger partial charge in [-0.25, -0.2) is 0 Å². The first-order chi connectivity index (χ1) is 9.31. The van der Waals surface area contributed by atoms with Crippen LogP contribution in [0.3, 0.4) is 0 Å². The number of aryl methyl sites for hydroxylation is 1. The molecule has 2 fully saturated rings. The zero-order chi connectivity index (χ0) is 13.1. The fourth-order valence-corrected chi connectivity index (χ4v) is 3.32. The van der Waals surface area contributed by atoms with Gasteiger partial charge in [0, 0.05) is 19.1 Å². The van der Waals surface area contributed by atoms with Gasteiger partial charge in [0.1, 0.15) is 12.4 Å². The molecule has 4 heteroatoms. The molecule has 2 atom stereocenters. The van der Waals surface area contributed by atoms with Crippen molar-refractivity contribution in [1.82, 2.24) is 10.2 Å². The Balaban J connectivity index is 0.00000147. The van der Waals surface area contributed by atoms with Gasteiger partial charge >= 0.3 is 0 Å².